The van der Waals surface area contributed by atoms with Gasteiger partial charge in [-0.05, 0) is 23.8 Å². The van der Waals surface area contributed by atoms with E-state index in [-0.39, 0.29) is 5.91 Å². The first-order chi connectivity index (χ1) is 10.2. The quantitative estimate of drug-likeness (QED) is 0.838. The highest BCUT2D eigenvalue weighted by Crippen LogP contribution is 2.15. The molecular formula is C16H12ClN3O. The first kappa shape index (κ1) is 13.4. The summed E-state index contributed by atoms with van der Waals surface area (Å²) < 4.78 is 0. The van der Waals surface area contributed by atoms with Gasteiger partial charge in [0.05, 0.1) is 0 Å². The molecule has 0 bridgehead atoms. The molecule has 0 spiro atoms. The minimum atomic E-state index is -0.273. The van der Waals surface area contributed by atoms with Crippen molar-refractivity contribution in [3.8, 4) is 0 Å². The first-order valence-corrected chi connectivity index (χ1v) is 6.78. The van der Waals surface area contributed by atoms with Crippen LogP contribution in [0.4, 0.5) is 0 Å². The molecule has 1 heterocycles. The zero-order valence-electron chi connectivity index (χ0n) is 11.0. The van der Waals surface area contributed by atoms with Gasteiger partial charge < -0.3 is 0 Å². The molecule has 21 heavy (non-hydrogen) atoms. The number of amidine groups is 1. The average molecular weight is 298 g/mol. The van der Waals surface area contributed by atoms with Crippen molar-refractivity contribution in [1.82, 2.24) is 10.9 Å². The van der Waals surface area contributed by atoms with Crippen LogP contribution in [0.25, 0.3) is 6.08 Å². The lowest BCUT2D eigenvalue weighted by atomic mass is 10.1. The van der Waals surface area contributed by atoms with Crippen molar-refractivity contribution in [2.75, 3.05) is 0 Å². The van der Waals surface area contributed by atoms with E-state index in [0.717, 1.165) is 11.1 Å². The Balaban J connectivity index is 1.96. The highest BCUT2D eigenvalue weighted by atomic mass is 35.5. The van der Waals surface area contributed by atoms with Gasteiger partial charge >= 0.3 is 0 Å². The summed E-state index contributed by atoms with van der Waals surface area (Å²) in [6.45, 7) is 0. The highest BCUT2D eigenvalue weighted by molar-refractivity contribution is 6.30. The normalized spacial score (nSPS) is 16.1. The smallest absolute Gasteiger partial charge is 0.281 e. The SMILES string of the molecule is O=C1NNC(c2ccccc2)=N/C1=C\c1ccc(Cl)cc1. The second-order valence-electron chi connectivity index (χ2n) is 4.49. The molecule has 0 atom stereocenters. The largest absolute Gasteiger partial charge is 0.288 e. The summed E-state index contributed by atoms with van der Waals surface area (Å²) >= 11 is 5.85. The van der Waals surface area contributed by atoms with Crippen LogP contribution in [0.5, 0.6) is 0 Å². The van der Waals surface area contributed by atoms with Crippen LogP contribution in [0.2, 0.25) is 5.02 Å². The van der Waals surface area contributed by atoms with Gasteiger partial charge in [-0.25, -0.2) is 4.99 Å². The fourth-order valence-electron chi connectivity index (χ4n) is 1.93. The maximum absolute atomic E-state index is 11.9. The number of halogens is 1. The van der Waals surface area contributed by atoms with Crippen molar-refractivity contribution < 1.29 is 4.79 Å². The van der Waals surface area contributed by atoms with Gasteiger partial charge in [-0.1, -0.05) is 54.1 Å². The zero-order valence-corrected chi connectivity index (χ0v) is 11.8. The van der Waals surface area contributed by atoms with Gasteiger partial charge in [0.1, 0.15) is 5.70 Å². The number of hydrogen-bond donors (Lipinski definition) is 2. The maximum atomic E-state index is 11.9. The molecule has 2 N–H and O–H groups in total. The van der Waals surface area contributed by atoms with Gasteiger partial charge in [0.2, 0.25) is 0 Å². The molecule has 1 aliphatic heterocycles. The number of rotatable bonds is 2. The predicted octanol–water partition coefficient (Wildman–Crippen LogP) is 2.76. The number of carbonyl (C=O) groups is 1. The molecule has 0 unspecified atom stereocenters. The molecule has 3 rings (SSSR count). The Morgan fingerprint density at radius 3 is 2.38 bits per heavy atom. The summed E-state index contributed by atoms with van der Waals surface area (Å²) in [5, 5.41) is 0.653. The molecule has 4 nitrogen and oxygen atoms in total. The van der Waals surface area contributed by atoms with Crippen LogP contribution in [-0.4, -0.2) is 11.7 Å². The molecule has 0 fully saturated rings. The topological polar surface area (TPSA) is 53.5 Å². The van der Waals surface area contributed by atoms with Crippen molar-refractivity contribution in [3.63, 3.8) is 0 Å². The van der Waals surface area contributed by atoms with E-state index in [4.69, 9.17) is 11.6 Å². The van der Waals surface area contributed by atoms with Crippen LogP contribution in [0.15, 0.2) is 65.3 Å². The van der Waals surface area contributed by atoms with E-state index < -0.39 is 0 Å². The van der Waals surface area contributed by atoms with E-state index in [1.807, 2.05) is 42.5 Å². The Morgan fingerprint density at radius 1 is 0.952 bits per heavy atom. The second-order valence-corrected chi connectivity index (χ2v) is 4.92. The Morgan fingerprint density at radius 2 is 1.67 bits per heavy atom. The molecule has 0 aromatic heterocycles. The van der Waals surface area contributed by atoms with E-state index in [2.05, 4.69) is 15.8 Å². The van der Waals surface area contributed by atoms with E-state index in [9.17, 15) is 4.79 Å². The Labute approximate surface area is 127 Å². The van der Waals surface area contributed by atoms with Crippen molar-refractivity contribution in [3.05, 3.63) is 76.4 Å². The molecule has 0 radical (unpaired) electrons. The van der Waals surface area contributed by atoms with Crippen molar-refractivity contribution in [2.45, 2.75) is 0 Å². The van der Waals surface area contributed by atoms with Crippen LogP contribution in [0.3, 0.4) is 0 Å². The van der Waals surface area contributed by atoms with E-state index in [1.165, 1.54) is 0 Å². The number of nitrogens with zero attached hydrogens (tertiary/aromatic N) is 1. The van der Waals surface area contributed by atoms with Gasteiger partial charge in [0, 0.05) is 10.6 Å². The fraction of sp³-hybridized carbons (Fsp3) is 0. The molecule has 0 saturated heterocycles. The number of hydrazine groups is 1. The van der Waals surface area contributed by atoms with Gasteiger partial charge in [-0.3, -0.25) is 15.6 Å². The van der Waals surface area contributed by atoms with Crippen molar-refractivity contribution in [1.29, 1.82) is 0 Å². The van der Waals surface area contributed by atoms with E-state index in [1.54, 1.807) is 18.2 Å². The molecule has 104 valence electrons. The Hall–Kier alpha value is -2.59. The summed E-state index contributed by atoms with van der Waals surface area (Å²) in [6.07, 6.45) is 1.72. The summed E-state index contributed by atoms with van der Waals surface area (Å²) in [6, 6.07) is 16.8. The van der Waals surface area contributed by atoms with Gasteiger partial charge in [-0.15, -0.1) is 0 Å². The molecular weight excluding hydrogens is 286 g/mol. The zero-order chi connectivity index (χ0) is 14.7. The first-order valence-electron chi connectivity index (χ1n) is 6.40. The van der Waals surface area contributed by atoms with E-state index in [0.29, 0.717) is 16.6 Å². The number of nitrogens with one attached hydrogen (secondary N) is 2. The lowest BCUT2D eigenvalue weighted by Gasteiger charge is -2.17. The summed E-state index contributed by atoms with van der Waals surface area (Å²) in [5.41, 5.74) is 7.51. The number of aliphatic imine (C=N–C) groups is 1. The minimum absolute atomic E-state index is 0.273. The van der Waals surface area contributed by atoms with Gasteiger partial charge in [0.25, 0.3) is 5.91 Å². The van der Waals surface area contributed by atoms with Gasteiger partial charge in [-0.2, -0.15) is 0 Å². The third-order valence-corrected chi connectivity index (χ3v) is 3.23. The fourth-order valence-corrected chi connectivity index (χ4v) is 2.05. The Kier molecular flexibility index (Phi) is 3.71. The number of carbonyl (C=O) groups excluding carboxylic acids is 1. The van der Waals surface area contributed by atoms with Gasteiger partial charge in [0.15, 0.2) is 5.84 Å². The molecule has 5 heteroatoms. The third-order valence-electron chi connectivity index (χ3n) is 2.98. The molecule has 0 aliphatic carbocycles. The number of hydrogen-bond acceptors (Lipinski definition) is 3. The summed E-state index contributed by atoms with van der Waals surface area (Å²) in [4.78, 5) is 16.2. The Bertz CT molecular complexity index is 721. The monoisotopic (exact) mass is 297 g/mol. The second kappa shape index (κ2) is 5.81. The van der Waals surface area contributed by atoms with E-state index >= 15 is 0 Å². The highest BCUT2D eigenvalue weighted by Gasteiger charge is 2.17. The van der Waals surface area contributed by atoms with Crippen molar-refractivity contribution >= 4 is 29.4 Å². The molecule has 2 aromatic rings. The summed E-state index contributed by atoms with van der Waals surface area (Å²) in [5.74, 6) is 0.333. The molecule has 2 aromatic carbocycles. The lowest BCUT2D eigenvalue weighted by molar-refractivity contribution is -0.118. The van der Waals surface area contributed by atoms with Crippen LogP contribution in [0.1, 0.15) is 11.1 Å². The van der Waals surface area contributed by atoms with Crippen LogP contribution in [0, 0.1) is 0 Å². The van der Waals surface area contributed by atoms with Crippen LogP contribution >= 0.6 is 11.6 Å². The number of benzene rings is 2. The number of amides is 1. The standard InChI is InChI=1S/C16H12ClN3O/c17-13-8-6-11(7-9-13)10-14-16(21)20-19-15(18-14)12-4-2-1-3-5-12/h1-10H,(H,18,19)(H,20,21)/b14-10-. The lowest BCUT2D eigenvalue weighted by Crippen LogP contribution is -2.46. The maximum Gasteiger partial charge on any atom is 0.288 e. The molecule has 1 amide bonds. The molecule has 0 saturated carbocycles. The molecule has 1 aliphatic rings. The summed E-state index contributed by atoms with van der Waals surface area (Å²) in [7, 11) is 0. The average Bonchev–Trinajstić information content (AvgIpc) is 2.52. The van der Waals surface area contributed by atoms with Crippen LogP contribution in [-0.2, 0) is 4.79 Å². The van der Waals surface area contributed by atoms with Crippen molar-refractivity contribution in [2.24, 2.45) is 4.99 Å². The predicted molar refractivity (Wildman–Crippen MR) is 83.7 cm³/mol. The third kappa shape index (κ3) is 3.12. The minimum Gasteiger partial charge on any atom is -0.281 e. The van der Waals surface area contributed by atoms with Crippen LogP contribution < -0.4 is 10.9 Å².